The van der Waals surface area contributed by atoms with Crippen LogP contribution in [0.25, 0.3) is 0 Å². The minimum atomic E-state index is 0.478. The number of nitrogens with two attached hydrogens (primary N) is 1. The van der Waals surface area contributed by atoms with Crippen LogP contribution in [0.1, 0.15) is 19.5 Å². The summed E-state index contributed by atoms with van der Waals surface area (Å²) in [6.45, 7) is 8.83. The summed E-state index contributed by atoms with van der Waals surface area (Å²) >= 11 is 0. The molecular weight excluding hydrogens is 188 g/mol. The monoisotopic (exact) mass is 208 g/mol. The molecule has 1 aromatic rings. The molecule has 15 heavy (non-hydrogen) atoms. The van der Waals surface area contributed by atoms with Crippen molar-refractivity contribution < 1.29 is 0 Å². The van der Waals surface area contributed by atoms with Crippen LogP contribution in [0.3, 0.4) is 0 Å². The summed E-state index contributed by atoms with van der Waals surface area (Å²) in [5, 5.41) is 0. The minimum absolute atomic E-state index is 0.478. The Morgan fingerprint density at radius 3 is 2.60 bits per heavy atom. The van der Waals surface area contributed by atoms with Crippen LogP contribution in [-0.4, -0.2) is 29.6 Å². The van der Waals surface area contributed by atoms with Crippen LogP contribution in [0, 0.1) is 12.8 Å². The third-order valence-electron chi connectivity index (χ3n) is 2.47. The Morgan fingerprint density at radius 2 is 2.07 bits per heavy atom. The lowest BCUT2D eigenvalue weighted by Gasteiger charge is -2.25. The molecule has 0 aliphatic carbocycles. The molecule has 0 saturated carbocycles. The van der Waals surface area contributed by atoms with Gasteiger partial charge in [0.1, 0.15) is 5.82 Å². The number of hydrogen-bond acceptors (Lipinski definition) is 4. The van der Waals surface area contributed by atoms with Crippen molar-refractivity contribution in [3.8, 4) is 0 Å². The van der Waals surface area contributed by atoms with Gasteiger partial charge >= 0.3 is 0 Å². The molecule has 4 nitrogen and oxygen atoms in total. The zero-order chi connectivity index (χ0) is 11.3. The first-order valence-corrected chi connectivity index (χ1v) is 5.41. The Kier molecular flexibility index (Phi) is 4.49. The summed E-state index contributed by atoms with van der Waals surface area (Å²) in [4.78, 5) is 10.8. The van der Waals surface area contributed by atoms with Gasteiger partial charge in [0.2, 0.25) is 0 Å². The lowest BCUT2D eigenvalue weighted by atomic mass is 10.1. The average Bonchev–Trinajstić information content (AvgIpc) is 2.26. The predicted molar refractivity (Wildman–Crippen MR) is 62.9 cm³/mol. The van der Waals surface area contributed by atoms with Crippen LogP contribution >= 0.6 is 0 Å². The standard InChI is InChI=1S/C11H20N4/c1-4-15(8-9(2)7-12)11-10(3)13-5-6-14-11/h5-6,9H,4,7-8,12H2,1-3H3. The Bertz CT molecular complexity index is 300. The maximum atomic E-state index is 5.63. The maximum absolute atomic E-state index is 5.63. The fraction of sp³-hybridized carbons (Fsp3) is 0.636. The number of hydrogen-bond donors (Lipinski definition) is 1. The summed E-state index contributed by atoms with van der Waals surface area (Å²) in [5.74, 6) is 1.45. The van der Waals surface area contributed by atoms with Crippen LogP contribution in [0.2, 0.25) is 0 Å². The summed E-state index contributed by atoms with van der Waals surface area (Å²) in [7, 11) is 0. The van der Waals surface area contributed by atoms with E-state index in [1.165, 1.54) is 0 Å². The van der Waals surface area contributed by atoms with Crippen molar-refractivity contribution in [2.24, 2.45) is 11.7 Å². The molecule has 2 N–H and O–H groups in total. The molecule has 1 heterocycles. The van der Waals surface area contributed by atoms with Gasteiger partial charge in [-0.1, -0.05) is 6.92 Å². The van der Waals surface area contributed by atoms with Crippen molar-refractivity contribution in [1.29, 1.82) is 0 Å². The topological polar surface area (TPSA) is 55.0 Å². The zero-order valence-corrected chi connectivity index (χ0v) is 9.77. The Hall–Kier alpha value is -1.16. The van der Waals surface area contributed by atoms with Crippen molar-refractivity contribution in [3.05, 3.63) is 18.1 Å². The molecule has 0 aliphatic heterocycles. The van der Waals surface area contributed by atoms with Crippen LogP contribution in [0.4, 0.5) is 5.82 Å². The van der Waals surface area contributed by atoms with Crippen molar-refractivity contribution in [2.75, 3.05) is 24.5 Å². The third kappa shape index (κ3) is 3.16. The summed E-state index contributed by atoms with van der Waals surface area (Å²) in [6.07, 6.45) is 3.46. The van der Waals surface area contributed by atoms with E-state index in [1.54, 1.807) is 12.4 Å². The molecule has 0 fully saturated rings. The van der Waals surface area contributed by atoms with Gasteiger partial charge in [0.15, 0.2) is 0 Å². The SMILES string of the molecule is CCN(CC(C)CN)c1nccnc1C. The van der Waals surface area contributed by atoms with Gasteiger partial charge in [-0.15, -0.1) is 0 Å². The van der Waals surface area contributed by atoms with E-state index in [0.29, 0.717) is 12.5 Å². The molecule has 1 unspecified atom stereocenters. The predicted octanol–water partition coefficient (Wildman–Crippen LogP) is 1.21. The van der Waals surface area contributed by atoms with E-state index in [2.05, 4.69) is 28.7 Å². The van der Waals surface area contributed by atoms with Crippen molar-refractivity contribution in [2.45, 2.75) is 20.8 Å². The first-order valence-electron chi connectivity index (χ1n) is 5.41. The number of rotatable bonds is 5. The van der Waals surface area contributed by atoms with Crippen LogP contribution in [0.5, 0.6) is 0 Å². The highest BCUT2D eigenvalue weighted by molar-refractivity contribution is 5.41. The van der Waals surface area contributed by atoms with Crippen molar-refractivity contribution in [3.63, 3.8) is 0 Å². The smallest absolute Gasteiger partial charge is 0.150 e. The Labute approximate surface area is 91.5 Å². The van der Waals surface area contributed by atoms with Gasteiger partial charge in [-0.3, -0.25) is 4.98 Å². The molecule has 4 heteroatoms. The summed E-state index contributed by atoms with van der Waals surface area (Å²) in [5.41, 5.74) is 6.60. The molecule has 1 rings (SSSR count). The van der Waals surface area contributed by atoms with Gasteiger partial charge in [0.05, 0.1) is 5.69 Å². The largest absolute Gasteiger partial charge is 0.355 e. The van der Waals surface area contributed by atoms with Crippen LogP contribution in [-0.2, 0) is 0 Å². The second-order valence-electron chi connectivity index (χ2n) is 3.84. The molecule has 0 bridgehead atoms. The van der Waals surface area contributed by atoms with E-state index in [1.807, 2.05) is 6.92 Å². The van der Waals surface area contributed by atoms with E-state index in [9.17, 15) is 0 Å². The van der Waals surface area contributed by atoms with E-state index in [4.69, 9.17) is 5.73 Å². The third-order valence-corrected chi connectivity index (χ3v) is 2.47. The second-order valence-corrected chi connectivity index (χ2v) is 3.84. The number of anilines is 1. The van der Waals surface area contributed by atoms with Crippen molar-refractivity contribution >= 4 is 5.82 Å². The highest BCUT2D eigenvalue weighted by Gasteiger charge is 2.11. The molecule has 0 spiro atoms. The van der Waals surface area contributed by atoms with Crippen molar-refractivity contribution in [1.82, 2.24) is 9.97 Å². The van der Waals surface area contributed by atoms with E-state index in [-0.39, 0.29) is 0 Å². The van der Waals surface area contributed by atoms with Gasteiger partial charge in [0.25, 0.3) is 0 Å². The molecule has 0 amide bonds. The number of aromatic nitrogens is 2. The molecular formula is C11H20N4. The normalized spacial score (nSPS) is 12.5. The van der Waals surface area contributed by atoms with Gasteiger partial charge < -0.3 is 10.6 Å². The fourth-order valence-corrected chi connectivity index (χ4v) is 1.53. The highest BCUT2D eigenvalue weighted by Crippen LogP contribution is 2.14. The first kappa shape index (κ1) is 11.9. The molecule has 0 saturated heterocycles. The summed E-state index contributed by atoms with van der Waals surface area (Å²) < 4.78 is 0. The van der Waals surface area contributed by atoms with Crippen LogP contribution < -0.4 is 10.6 Å². The maximum Gasteiger partial charge on any atom is 0.150 e. The number of aryl methyl sites for hydroxylation is 1. The average molecular weight is 208 g/mol. The minimum Gasteiger partial charge on any atom is -0.355 e. The molecule has 84 valence electrons. The molecule has 0 aliphatic rings. The lowest BCUT2D eigenvalue weighted by Crippen LogP contribution is -2.32. The lowest BCUT2D eigenvalue weighted by molar-refractivity contribution is 0.571. The highest BCUT2D eigenvalue weighted by atomic mass is 15.2. The van der Waals surface area contributed by atoms with Gasteiger partial charge in [-0.25, -0.2) is 4.98 Å². The van der Waals surface area contributed by atoms with E-state index in [0.717, 1.165) is 24.6 Å². The van der Waals surface area contributed by atoms with Gasteiger partial charge in [-0.05, 0) is 26.3 Å². The Balaban J connectivity index is 2.78. The Morgan fingerprint density at radius 1 is 1.40 bits per heavy atom. The van der Waals surface area contributed by atoms with E-state index >= 15 is 0 Å². The van der Waals surface area contributed by atoms with Gasteiger partial charge in [0, 0.05) is 25.5 Å². The molecule has 0 aromatic carbocycles. The summed E-state index contributed by atoms with van der Waals surface area (Å²) in [6, 6.07) is 0. The quantitative estimate of drug-likeness (QED) is 0.790. The number of nitrogens with zero attached hydrogens (tertiary/aromatic N) is 3. The zero-order valence-electron chi connectivity index (χ0n) is 9.77. The second kappa shape index (κ2) is 5.66. The van der Waals surface area contributed by atoms with Crippen LogP contribution in [0.15, 0.2) is 12.4 Å². The fourth-order valence-electron chi connectivity index (χ4n) is 1.53. The molecule has 1 aromatic heterocycles. The van der Waals surface area contributed by atoms with Gasteiger partial charge in [-0.2, -0.15) is 0 Å². The molecule has 1 atom stereocenters. The molecule has 0 radical (unpaired) electrons. The van der Waals surface area contributed by atoms with E-state index < -0.39 is 0 Å². The first-order chi connectivity index (χ1) is 7.19.